The third-order valence-corrected chi connectivity index (χ3v) is 5.43. The van der Waals surface area contributed by atoms with E-state index in [0.717, 1.165) is 18.5 Å². The zero-order valence-corrected chi connectivity index (χ0v) is 17.4. The van der Waals surface area contributed by atoms with Crippen LogP contribution < -0.4 is 15.4 Å². The largest absolute Gasteiger partial charge is 0.496 e. The number of methoxy groups -OCH3 is 1. The second-order valence-electron chi connectivity index (χ2n) is 7.59. The maximum atomic E-state index is 12.7. The van der Waals surface area contributed by atoms with Crippen LogP contribution in [0.25, 0.3) is 11.3 Å². The minimum Gasteiger partial charge on any atom is -0.496 e. The summed E-state index contributed by atoms with van der Waals surface area (Å²) in [6, 6.07) is 4.96. The number of carboxylic acid groups (broad SMARTS) is 1. The van der Waals surface area contributed by atoms with Crippen molar-refractivity contribution in [2.24, 2.45) is 5.92 Å². The molecule has 1 aromatic heterocycles. The van der Waals surface area contributed by atoms with E-state index >= 15 is 0 Å². The van der Waals surface area contributed by atoms with Crippen LogP contribution in [0.1, 0.15) is 26.7 Å². The fraction of sp³-hybridized carbons (Fsp3) is 0.476. The fourth-order valence-corrected chi connectivity index (χ4v) is 3.90. The van der Waals surface area contributed by atoms with Gasteiger partial charge in [-0.3, -0.25) is 4.79 Å². The average molecular weight is 416 g/mol. The van der Waals surface area contributed by atoms with Crippen LogP contribution in [0.15, 0.2) is 35.2 Å². The molecule has 1 saturated heterocycles. The summed E-state index contributed by atoms with van der Waals surface area (Å²) in [7, 11) is 1.55. The lowest BCUT2D eigenvalue weighted by molar-refractivity contribution is -0.120. The minimum atomic E-state index is -0.948. The van der Waals surface area contributed by atoms with Crippen molar-refractivity contribution in [1.82, 2.24) is 15.2 Å². The summed E-state index contributed by atoms with van der Waals surface area (Å²) in [5, 5.41) is 15.7. The van der Waals surface area contributed by atoms with E-state index < -0.39 is 6.09 Å². The second-order valence-corrected chi connectivity index (χ2v) is 7.59. The van der Waals surface area contributed by atoms with Gasteiger partial charge in [0.25, 0.3) is 0 Å². The predicted molar refractivity (Wildman–Crippen MR) is 112 cm³/mol. The fourth-order valence-electron chi connectivity index (χ4n) is 3.90. The number of ether oxygens (including phenoxy) is 1. The smallest absolute Gasteiger partial charge is 0.407 e. The normalized spacial score (nSPS) is 17.9. The highest BCUT2D eigenvalue weighted by molar-refractivity contribution is 5.93. The predicted octanol–water partition coefficient (Wildman–Crippen LogP) is 3.05. The van der Waals surface area contributed by atoms with Crippen LogP contribution in [-0.4, -0.2) is 59.3 Å². The summed E-state index contributed by atoms with van der Waals surface area (Å²) in [5.74, 6) is 0.584. The molecule has 0 radical (unpaired) electrons. The highest BCUT2D eigenvalue weighted by atomic mass is 16.5. The van der Waals surface area contributed by atoms with Crippen LogP contribution in [0.5, 0.6) is 5.75 Å². The zero-order valence-electron chi connectivity index (χ0n) is 17.4. The van der Waals surface area contributed by atoms with Crippen LogP contribution in [-0.2, 0) is 4.79 Å². The molecule has 0 saturated carbocycles. The Morgan fingerprint density at radius 2 is 2.23 bits per heavy atom. The molecule has 9 heteroatoms. The summed E-state index contributed by atoms with van der Waals surface area (Å²) < 4.78 is 10.7. The Morgan fingerprint density at radius 3 is 2.83 bits per heavy atom. The van der Waals surface area contributed by atoms with Gasteiger partial charge in [0.15, 0.2) is 12.2 Å². The van der Waals surface area contributed by atoms with Gasteiger partial charge in [-0.05, 0) is 38.4 Å². The van der Waals surface area contributed by atoms with Crippen molar-refractivity contribution in [2.45, 2.75) is 38.8 Å². The van der Waals surface area contributed by atoms with Gasteiger partial charge >= 0.3 is 6.09 Å². The summed E-state index contributed by atoms with van der Waals surface area (Å²) in [6.45, 7) is 5.11. The number of hydrogen-bond donors (Lipinski definition) is 3. The van der Waals surface area contributed by atoms with E-state index in [4.69, 9.17) is 9.15 Å². The number of anilines is 1. The van der Waals surface area contributed by atoms with Crippen LogP contribution in [0.2, 0.25) is 0 Å². The number of hydrogen-bond acceptors (Lipinski definition) is 6. The molecule has 2 amide bonds. The first-order valence-electron chi connectivity index (χ1n) is 10.0. The molecule has 3 atom stereocenters. The van der Waals surface area contributed by atoms with Gasteiger partial charge in [-0.15, -0.1) is 0 Å². The number of carbonyl (C=O) groups excluding carboxylic acids is 1. The Labute approximate surface area is 175 Å². The molecule has 9 nitrogen and oxygen atoms in total. The monoisotopic (exact) mass is 416 g/mol. The molecule has 30 heavy (non-hydrogen) atoms. The third-order valence-electron chi connectivity index (χ3n) is 5.43. The molecule has 3 rings (SSSR count). The number of benzene rings is 1. The molecule has 1 aliphatic heterocycles. The van der Waals surface area contributed by atoms with Gasteiger partial charge in [0.05, 0.1) is 18.9 Å². The van der Waals surface area contributed by atoms with Gasteiger partial charge in [0.2, 0.25) is 5.91 Å². The van der Waals surface area contributed by atoms with Crippen LogP contribution in [0.4, 0.5) is 10.5 Å². The van der Waals surface area contributed by atoms with E-state index in [1.165, 1.54) is 11.3 Å². The molecule has 0 aliphatic carbocycles. The molecule has 0 bridgehead atoms. The summed E-state index contributed by atoms with van der Waals surface area (Å²) in [5.41, 5.74) is 1.33. The molecule has 3 unspecified atom stereocenters. The molecule has 162 valence electrons. The third kappa shape index (κ3) is 4.91. The maximum Gasteiger partial charge on any atom is 0.407 e. The topological polar surface area (TPSA) is 117 Å². The van der Waals surface area contributed by atoms with Crippen LogP contribution in [0, 0.1) is 5.92 Å². The standard InChI is InChI=1S/C21H28N4O5/c1-13(8-14(2)25(21(27)28)16-6-7-22-10-16)20(26)24-15-4-5-17(18(9-15)29-3)19-11-23-12-30-19/h4-5,9,11-14,16,22H,6-8,10H2,1-3H3,(H,24,26)(H,27,28). The maximum absolute atomic E-state index is 12.7. The Kier molecular flexibility index (Phi) is 6.94. The number of nitrogens with zero attached hydrogens (tertiary/aromatic N) is 2. The highest BCUT2D eigenvalue weighted by Crippen LogP contribution is 2.32. The molecule has 1 fully saturated rings. The van der Waals surface area contributed by atoms with Crippen molar-refractivity contribution in [3.05, 3.63) is 30.8 Å². The van der Waals surface area contributed by atoms with Crippen molar-refractivity contribution in [2.75, 3.05) is 25.5 Å². The number of oxazole rings is 1. The van der Waals surface area contributed by atoms with Gasteiger partial charge in [0, 0.05) is 36.3 Å². The first kappa shape index (κ1) is 21.6. The average Bonchev–Trinajstić information content (AvgIpc) is 3.42. The van der Waals surface area contributed by atoms with Crippen molar-refractivity contribution in [3.8, 4) is 17.1 Å². The lowest BCUT2D eigenvalue weighted by Crippen LogP contribution is -2.47. The number of aromatic nitrogens is 1. The highest BCUT2D eigenvalue weighted by Gasteiger charge is 2.32. The number of nitrogens with one attached hydrogen (secondary N) is 2. The van der Waals surface area contributed by atoms with Gasteiger partial charge in [-0.25, -0.2) is 9.78 Å². The van der Waals surface area contributed by atoms with E-state index in [2.05, 4.69) is 15.6 Å². The van der Waals surface area contributed by atoms with E-state index in [1.807, 2.05) is 6.92 Å². The van der Waals surface area contributed by atoms with E-state index in [0.29, 0.717) is 30.2 Å². The molecule has 1 aliphatic rings. The number of rotatable bonds is 8. The first-order chi connectivity index (χ1) is 14.4. The van der Waals surface area contributed by atoms with Gasteiger partial charge in [0.1, 0.15) is 5.75 Å². The Hall–Kier alpha value is -3.07. The zero-order chi connectivity index (χ0) is 21.7. The van der Waals surface area contributed by atoms with Crippen molar-refractivity contribution < 1.29 is 23.8 Å². The Bertz CT molecular complexity index is 864. The van der Waals surface area contributed by atoms with Gasteiger partial charge in [-0.2, -0.15) is 0 Å². The van der Waals surface area contributed by atoms with E-state index in [-0.39, 0.29) is 23.9 Å². The lowest BCUT2D eigenvalue weighted by Gasteiger charge is -2.32. The van der Waals surface area contributed by atoms with Crippen molar-refractivity contribution >= 4 is 17.7 Å². The van der Waals surface area contributed by atoms with Gasteiger partial charge < -0.3 is 29.8 Å². The summed E-state index contributed by atoms with van der Waals surface area (Å²) in [4.78, 5) is 29.8. The number of amides is 2. The minimum absolute atomic E-state index is 0.0549. The quantitative estimate of drug-likeness (QED) is 0.605. The van der Waals surface area contributed by atoms with E-state index in [1.54, 1.807) is 38.4 Å². The molecule has 0 spiro atoms. The summed E-state index contributed by atoms with van der Waals surface area (Å²) >= 11 is 0. The first-order valence-corrected chi connectivity index (χ1v) is 10.0. The van der Waals surface area contributed by atoms with Crippen LogP contribution >= 0.6 is 0 Å². The molecule has 1 aromatic carbocycles. The lowest BCUT2D eigenvalue weighted by atomic mass is 9.99. The second kappa shape index (κ2) is 9.62. The molecular weight excluding hydrogens is 388 g/mol. The summed E-state index contributed by atoms with van der Waals surface area (Å²) in [6.07, 6.45) is 3.20. The van der Waals surface area contributed by atoms with E-state index in [9.17, 15) is 14.7 Å². The molecule has 2 heterocycles. The Balaban J connectivity index is 1.64. The Morgan fingerprint density at radius 1 is 1.43 bits per heavy atom. The molecule has 3 N–H and O–H groups in total. The SMILES string of the molecule is COc1cc(NC(=O)C(C)CC(C)N(C(=O)O)C2CCNC2)ccc1-c1cnco1. The van der Waals surface area contributed by atoms with Gasteiger partial charge in [-0.1, -0.05) is 6.92 Å². The number of carbonyl (C=O) groups is 2. The van der Waals surface area contributed by atoms with Crippen molar-refractivity contribution in [1.29, 1.82) is 0 Å². The van der Waals surface area contributed by atoms with Crippen molar-refractivity contribution in [3.63, 3.8) is 0 Å². The molecule has 2 aromatic rings. The molecular formula is C21H28N4O5. The van der Waals surface area contributed by atoms with Crippen LogP contribution in [0.3, 0.4) is 0 Å².